The summed E-state index contributed by atoms with van der Waals surface area (Å²) < 4.78 is 13.1. The Morgan fingerprint density at radius 3 is 2.73 bits per heavy atom. The van der Waals surface area contributed by atoms with Gasteiger partial charge in [0.05, 0.1) is 21.2 Å². The maximum absolute atomic E-state index is 13.1. The van der Waals surface area contributed by atoms with Crippen LogP contribution in [0.2, 0.25) is 5.02 Å². The van der Waals surface area contributed by atoms with E-state index in [0.717, 1.165) is 17.7 Å². The van der Waals surface area contributed by atoms with Gasteiger partial charge in [0.1, 0.15) is 5.82 Å². The number of halogens is 2. The van der Waals surface area contributed by atoms with Crippen LogP contribution in [-0.4, -0.2) is 17.4 Å². The first-order chi connectivity index (χ1) is 10.5. The molecule has 7 heteroatoms. The summed E-state index contributed by atoms with van der Waals surface area (Å²) in [4.78, 5) is 24.4. The van der Waals surface area contributed by atoms with Crippen LogP contribution in [0.25, 0.3) is 0 Å². The second-order valence-electron chi connectivity index (χ2n) is 4.90. The van der Waals surface area contributed by atoms with E-state index < -0.39 is 16.6 Å². The van der Waals surface area contributed by atoms with Gasteiger partial charge in [0.2, 0.25) is 0 Å². The van der Waals surface area contributed by atoms with Crippen LogP contribution in [0.3, 0.4) is 0 Å². The number of amides is 1. The van der Waals surface area contributed by atoms with Gasteiger partial charge in [-0.25, -0.2) is 4.39 Å². The standard InChI is InChI=1S/C15H10ClFN2O3/c16-13-7-10(17)2-4-12(13)15(20)18-6-5-9-1-3-11(19(21)22)8-14(9)18/h1-4,7-8H,5-6H2. The van der Waals surface area contributed by atoms with Crippen LogP contribution in [0, 0.1) is 15.9 Å². The first-order valence-corrected chi connectivity index (χ1v) is 6.89. The Balaban J connectivity index is 2.00. The Labute approximate surface area is 130 Å². The van der Waals surface area contributed by atoms with Crippen molar-refractivity contribution in [2.45, 2.75) is 6.42 Å². The summed E-state index contributed by atoms with van der Waals surface area (Å²) in [5.74, 6) is -0.928. The average molecular weight is 321 g/mol. The van der Waals surface area contributed by atoms with Crippen molar-refractivity contribution in [2.75, 3.05) is 11.4 Å². The molecule has 2 aromatic rings. The molecule has 1 amide bonds. The molecule has 0 saturated heterocycles. The summed E-state index contributed by atoms with van der Waals surface area (Å²) >= 11 is 5.92. The Hall–Kier alpha value is -2.47. The normalized spacial score (nSPS) is 13.1. The number of hydrogen-bond acceptors (Lipinski definition) is 3. The van der Waals surface area contributed by atoms with Crippen LogP contribution in [-0.2, 0) is 6.42 Å². The molecule has 0 radical (unpaired) electrons. The molecule has 0 aromatic heterocycles. The summed E-state index contributed by atoms with van der Waals surface area (Å²) in [5, 5.41) is 10.9. The number of carbonyl (C=O) groups is 1. The van der Waals surface area contributed by atoms with Crippen LogP contribution in [0.1, 0.15) is 15.9 Å². The quantitative estimate of drug-likeness (QED) is 0.627. The fourth-order valence-corrected chi connectivity index (χ4v) is 2.75. The molecular weight excluding hydrogens is 311 g/mol. The highest BCUT2D eigenvalue weighted by Gasteiger charge is 2.28. The highest BCUT2D eigenvalue weighted by atomic mass is 35.5. The number of hydrogen-bond donors (Lipinski definition) is 0. The molecule has 3 rings (SSSR count). The first-order valence-electron chi connectivity index (χ1n) is 6.51. The molecule has 0 fully saturated rings. The third kappa shape index (κ3) is 2.42. The van der Waals surface area contributed by atoms with E-state index in [0.29, 0.717) is 18.7 Å². The molecule has 0 saturated carbocycles. The fraction of sp³-hybridized carbons (Fsp3) is 0.133. The predicted molar refractivity (Wildman–Crippen MR) is 79.9 cm³/mol. The van der Waals surface area contributed by atoms with Gasteiger partial charge in [-0.05, 0) is 30.2 Å². The lowest BCUT2D eigenvalue weighted by Crippen LogP contribution is -2.29. The van der Waals surface area contributed by atoms with Gasteiger partial charge in [0.15, 0.2) is 0 Å². The van der Waals surface area contributed by atoms with Crippen molar-refractivity contribution in [2.24, 2.45) is 0 Å². The largest absolute Gasteiger partial charge is 0.307 e. The summed E-state index contributed by atoms with van der Waals surface area (Å²) in [5.41, 5.74) is 1.45. The molecule has 1 aliphatic rings. The van der Waals surface area contributed by atoms with Crippen LogP contribution < -0.4 is 4.90 Å². The molecule has 2 aromatic carbocycles. The van der Waals surface area contributed by atoms with Crippen molar-refractivity contribution in [3.05, 3.63) is 68.5 Å². The number of nitro groups is 1. The Morgan fingerprint density at radius 1 is 1.27 bits per heavy atom. The van der Waals surface area contributed by atoms with E-state index in [-0.39, 0.29) is 16.3 Å². The molecule has 0 N–H and O–H groups in total. The van der Waals surface area contributed by atoms with Crippen LogP contribution >= 0.6 is 11.6 Å². The van der Waals surface area contributed by atoms with Crippen molar-refractivity contribution in [1.82, 2.24) is 0 Å². The molecule has 5 nitrogen and oxygen atoms in total. The molecule has 112 valence electrons. The van der Waals surface area contributed by atoms with Crippen molar-refractivity contribution in [3.63, 3.8) is 0 Å². The third-order valence-corrected chi connectivity index (χ3v) is 3.89. The molecule has 1 aliphatic heterocycles. The first kappa shape index (κ1) is 14.5. The van der Waals surface area contributed by atoms with E-state index in [4.69, 9.17) is 11.6 Å². The summed E-state index contributed by atoms with van der Waals surface area (Å²) in [6.45, 7) is 0.406. The van der Waals surface area contributed by atoms with Crippen LogP contribution in [0.15, 0.2) is 36.4 Å². The predicted octanol–water partition coefficient (Wildman–Crippen LogP) is 3.59. The molecule has 1 heterocycles. The number of carbonyl (C=O) groups excluding carboxylic acids is 1. The average Bonchev–Trinajstić information content (AvgIpc) is 2.89. The molecule has 0 spiro atoms. The minimum absolute atomic E-state index is 0.0175. The van der Waals surface area contributed by atoms with E-state index >= 15 is 0 Å². The molecule has 0 unspecified atom stereocenters. The number of fused-ring (bicyclic) bond motifs is 1. The highest BCUT2D eigenvalue weighted by Crippen LogP contribution is 2.33. The summed E-state index contributed by atoms with van der Waals surface area (Å²) in [6.07, 6.45) is 0.609. The summed E-state index contributed by atoms with van der Waals surface area (Å²) in [7, 11) is 0. The van der Waals surface area contributed by atoms with E-state index in [2.05, 4.69) is 0 Å². The van der Waals surface area contributed by atoms with E-state index in [1.165, 1.54) is 23.1 Å². The lowest BCUT2D eigenvalue weighted by Gasteiger charge is -2.18. The number of non-ortho nitro benzene ring substituents is 1. The third-order valence-electron chi connectivity index (χ3n) is 3.58. The highest BCUT2D eigenvalue weighted by molar-refractivity contribution is 6.34. The zero-order valence-corrected chi connectivity index (χ0v) is 12.0. The number of benzene rings is 2. The van der Waals surface area contributed by atoms with Gasteiger partial charge in [-0.1, -0.05) is 17.7 Å². The summed E-state index contributed by atoms with van der Waals surface area (Å²) in [6, 6.07) is 7.97. The van der Waals surface area contributed by atoms with Gasteiger partial charge in [0, 0.05) is 18.7 Å². The van der Waals surface area contributed by atoms with Gasteiger partial charge < -0.3 is 4.90 Å². The Morgan fingerprint density at radius 2 is 2.05 bits per heavy atom. The minimum atomic E-state index is -0.529. The zero-order valence-electron chi connectivity index (χ0n) is 11.3. The topological polar surface area (TPSA) is 63.5 Å². The van der Waals surface area contributed by atoms with E-state index in [1.807, 2.05) is 0 Å². The number of rotatable bonds is 2. The maximum atomic E-state index is 13.1. The number of nitro benzene ring substituents is 1. The number of nitrogens with zero attached hydrogens (tertiary/aromatic N) is 2. The zero-order chi connectivity index (χ0) is 15.9. The lowest BCUT2D eigenvalue weighted by molar-refractivity contribution is -0.384. The monoisotopic (exact) mass is 320 g/mol. The number of anilines is 1. The smallest absolute Gasteiger partial charge is 0.271 e. The minimum Gasteiger partial charge on any atom is -0.307 e. The molecule has 0 aliphatic carbocycles. The molecule has 0 atom stereocenters. The van der Waals surface area contributed by atoms with Crippen LogP contribution in [0.4, 0.5) is 15.8 Å². The van der Waals surface area contributed by atoms with Crippen molar-refractivity contribution < 1.29 is 14.1 Å². The molecular formula is C15H10ClFN2O3. The van der Waals surface area contributed by atoms with Gasteiger partial charge in [-0.15, -0.1) is 0 Å². The molecule has 22 heavy (non-hydrogen) atoms. The van der Waals surface area contributed by atoms with Gasteiger partial charge >= 0.3 is 0 Å². The van der Waals surface area contributed by atoms with Crippen LogP contribution in [0.5, 0.6) is 0 Å². The Bertz CT molecular complexity index is 794. The van der Waals surface area contributed by atoms with Crippen molar-refractivity contribution in [1.29, 1.82) is 0 Å². The second kappa shape index (κ2) is 5.38. The fourth-order valence-electron chi connectivity index (χ4n) is 2.50. The lowest BCUT2D eigenvalue weighted by atomic mass is 10.1. The van der Waals surface area contributed by atoms with Gasteiger partial charge in [-0.3, -0.25) is 14.9 Å². The second-order valence-corrected chi connectivity index (χ2v) is 5.31. The van der Waals surface area contributed by atoms with E-state index in [9.17, 15) is 19.3 Å². The maximum Gasteiger partial charge on any atom is 0.271 e. The van der Waals surface area contributed by atoms with E-state index in [1.54, 1.807) is 6.07 Å². The van der Waals surface area contributed by atoms with Gasteiger partial charge in [0.25, 0.3) is 11.6 Å². The van der Waals surface area contributed by atoms with Crippen molar-refractivity contribution in [3.8, 4) is 0 Å². The van der Waals surface area contributed by atoms with Crippen molar-refractivity contribution >= 4 is 28.9 Å². The Kier molecular flexibility index (Phi) is 3.54. The SMILES string of the molecule is O=C(c1ccc(F)cc1Cl)N1CCc2ccc([N+](=O)[O-])cc21. The van der Waals surface area contributed by atoms with Gasteiger partial charge in [-0.2, -0.15) is 0 Å². The molecule has 0 bridgehead atoms.